The van der Waals surface area contributed by atoms with Gasteiger partial charge >= 0.3 is 6.03 Å². The molecule has 110 valence electrons. The quantitative estimate of drug-likeness (QED) is 0.878. The van der Waals surface area contributed by atoms with E-state index in [0.717, 1.165) is 13.1 Å². The smallest absolute Gasteiger partial charge is 0.321 e. The molecule has 2 amide bonds. The van der Waals surface area contributed by atoms with Crippen molar-refractivity contribution < 1.29 is 9.18 Å². The second kappa shape index (κ2) is 6.67. The predicted molar refractivity (Wildman–Crippen MR) is 77.1 cm³/mol. The van der Waals surface area contributed by atoms with Crippen molar-refractivity contribution in [3.05, 3.63) is 30.1 Å². The summed E-state index contributed by atoms with van der Waals surface area (Å²) in [6, 6.07) is 5.97. The summed E-state index contributed by atoms with van der Waals surface area (Å²) in [5, 5.41) is 2.77. The van der Waals surface area contributed by atoms with Crippen LogP contribution in [0.25, 0.3) is 0 Å². The topological polar surface area (TPSA) is 61.6 Å². The van der Waals surface area contributed by atoms with E-state index in [9.17, 15) is 9.18 Å². The normalized spacial score (nSPS) is 17.9. The minimum atomic E-state index is -0.313. The molecule has 0 aliphatic carbocycles. The number of benzene rings is 1. The number of rotatable bonds is 3. The van der Waals surface area contributed by atoms with E-state index in [1.54, 1.807) is 17.0 Å². The number of halogens is 1. The summed E-state index contributed by atoms with van der Waals surface area (Å²) < 4.78 is 12.8. The Kier molecular flexibility index (Phi) is 4.92. The first-order valence-corrected chi connectivity index (χ1v) is 6.86. The van der Waals surface area contributed by atoms with Crippen molar-refractivity contribution in [1.29, 1.82) is 0 Å². The van der Waals surface area contributed by atoms with E-state index in [1.165, 1.54) is 12.1 Å². The van der Waals surface area contributed by atoms with Crippen LogP contribution in [0.5, 0.6) is 0 Å². The lowest BCUT2D eigenvalue weighted by atomic mass is 10.2. The van der Waals surface area contributed by atoms with Crippen molar-refractivity contribution in [3.63, 3.8) is 0 Å². The predicted octanol–water partition coefficient (Wildman–Crippen LogP) is 1.32. The number of hydrogen-bond donors (Lipinski definition) is 2. The molecule has 1 unspecified atom stereocenters. The number of hydrogen-bond acceptors (Lipinski definition) is 3. The Balaban J connectivity index is 1.84. The number of piperazine rings is 1. The molecule has 0 aromatic heterocycles. The van der Waals surface area contributed by atoms with Crippen LogP contribution in [-0.4, -0.2) is 54.6 Å². The van der Waals surface area contributed by atoms with Gasteiger partial charge in [-0.25, -0.2) is 9.18 Å². The number of nitrogens with zero attached hydrogens (tertiary/aromatic N) is 2. The van der Waals surface area contributed by atoms with Crippen LogP contribution in [0.1, 0.15) is 6.92 Å². The zero-order valence-electron chi connectivity index (χ0n) is 11.7. The highest BCUT2D eigenvalue weighted by atomic mass is 19.1. The summed E-state index contributed by atoms with van der Waals surface area (Å²) in [5.41, 5.74) is 6.25. The Morgan fingerprint density at radius 2 is 1.90 bits per heavy atom. The van der Waals surface area contributed by atoms with E-state index >= 15 is 0 Å². The summed E-state index contributed by atoms with van der Waals surface area (Å²) in [6.07, 6.45) is 0. The van der Waals surface area contributed by atoms with Crippen LogP contribution in [-0.2, 0) is 0 Å². The van der Waals surface area contributed by atoms with Crippen molar-refractivity contribution in [1.82, 2.24) is 9.80 Å². The maximum atomic E-state index is 12.8. The molecule has 1 heterocycles. The molecule has 20 heavy (non-hydrogen) atoms. The van der Waals surface area contributed by atoms with Gasteiger partial charge in [0, 0.05) is 44.5 Å². The van der Waals surface area contributed by atoms with Gasteiger partial charge in [-0.2, -0.15) is 0 Å². The van der Waals surface area contributed by atoms with E-state index in [0.29, 0.717) is 31.4 Å². The minimum absolute atomic E-state index is 0.142. The highest BCUT2D eigenvalue weighted by Gasteiger charge is 2.23. The number of anilines is 1. The third kappa shape index (κ3) is 3.68. The molecule has 1 atom stereocenters. The summed E-state index contributed by atoms with van der Waals surface area (Å²) in [7, 11) is 0. The monoisotopic (exact) mass is 280 g/mol. The Morgan fingerprint density at radius 3 is 2.45 bits per heavy atom. The zero-order chi connectivity index (χ0) is 14.5. The van der Waals surface area contributed by atoms with Gasteiger partial charge in [0.05, 0.1) is 0 Å². The fourth-order valence-corrected chi connectivity index (χ4v) is 2.25. The summed E-state index contributed by atoms with van der Waals surface area (Å²) >= 11 is 0. The van der Waals surface area contributed by atoms with E-state index in [4.69, 9.17) is 5.73 Å². The molecular formula is C14H21FN4O. The maximum absolute atomic E-state index is 12.8. The molecule has 0 radical (unpaired) electrons. The molecule has 0 spiro atoms. The average Bonchev–Trinajstić information content (AvgIpc) is 2.49. The fourth-order valence-electron chi connectivity index (χ4n) is 2.25. The third-order valence-corrected chi connectivity index (χ3v) is 3.66. The molecule has 1 aliphatic rings. The van der Waals surface area contributed by atoms with Crippen molar-refractivity contribution >= 4 is 11.7 Å². The Bertz CT molecular complexity index is 443. The average molecular weight is 280 g/mol. The number of amides is 2. The second-order valence-corrected chi connectivity index (χ2v) is 5.04. The molecular weight excluding hydrogens is 259 g/mol. The second-order valence-electron chi connectivity index (χ2n) is 5.04. The molecule has 0 bridgehead atoms. The van der Waals surface area contributed by atoms with Gasteiger partial charge in [0.25, 0.3) is 0 Å². The van der Waals surface area contributed by atoms with Crippen LogP contribution in [0.15, 0.2) is 24.3 Å². The molecule has 1 aliphatic heterocycles. The number of carbonyl (C=O) groups is 1. The lowest BCUT2D eigenvalue weighted by molar-refractivity contribution is 0.122. The maximum Gasteiger partial charge on any atom is 0.321 e. The van der Waals surface area contributed by atoms with E-state index in [2.05, 4.69) is 17.1 Å². The summed E-state index contributed by atoms with van der Waals surface area (Å²) in [4.78, 5) is 16.1. The molecule has 3 N–H and O–H groups in total. The Hall–Kier alpha value is -1.66. The van der Waals surface area contributed by atoms with Crippen molar-refractivity contribution in [3.8, 4) is 0 Å². The van der Waals surface area contributed by atoms with Crippen LogP contribution in [0.3, 0.4) is 0 Å². The SMILES string of the molecule is CC(CN)N1CCN(C(=O)Nc2ccc(F)cc2)CC1. The first kappa shape index (κ1) is 14.7. The molecule has 1 aromatic carbocycles. The molecule has 6 heteroatoms. The summed E-state index contributed by atoms with van der Waals surface area (Å²) in [6.45, 7) is 5.73. The molecule has 1 fully saturated rings. The Labute approximate surface area is 118 Å². The lowest BCUT2D eigenvalue weighted by Gasteiger charge is -2.37. The van der Waals surface area contributed by atoms with Gasteiger partial charge in [-0.1, -0.05) is 0 Å². The van der Waals surface area contributed by atoms with Gasteiger partial charge in [-0.05, 0) is 31.2 Å². The highest BCUT2D eigenvalue weighted by molar-refractivity contribution is 5.89. The van der Waals surface area contributed by atoms with Crippen molar-refractivity contribution in [2.75, 3.05) is 38.0 Å². The zero-order valence-corrected chi connectivity index (χ0v) is 11.7. The van der Waals surface area contributed by atoms with Gasteiger partial charge in [-0.15, -0.1) is 0 Å². The molecule has 1 saturated heterocycles. The molecule has 0 saturated carbocycles. The number of nitrogens with two attached hydrogens (primary N) is 1. The van der Waals surface area contributed by atoms with Gasteiger partial charge in [-0.3, -0.25) is 4.90 Å². The highest BCUT2D eigenvalue weighted by Crippen LogP contribution is 2.11. The molecule has 5 nitrogen and oxygen atoms in total. The lowest BCUT2D eigenvalue weighted by Crippen LogP contribution is -2.53. The fraction of sp³-hybridized carbons (Fsp3) is 0.500. The van der Waals surface area contributed by atoms with Crippen molar-refractivity contribution in [2.24, 2.45) is 5.73 Å². The summed E-state index contributed by atoms with van der Waals surface area (Å²) in [5.74, 6) is -0.313. The van der Waals surface area contributed by atoms with E-state index in [1.807, 2.05) is 0 Å². The first-order valence-electron chi connectivity index (χ1n) is 6.86. The van der Waals surface area contributed by atoms with E-state index < -0.39 is 0 Å². The van der Waals surface area contributed by atoms with Crippen LogP contribution in [0.4, 0.5) is 14.9 Å². The largest absolute Gasteiger partial charge is 0.329 e. The first-order chi connectivity index (χ1) is 9.60. The molecule has 2 rings (SSSR count). The number of carbonyl (C=O) groups excluding carboxylic acids is 1. The van der Waals surface area contributed by atoms with Crippen LogP contribution in [0, 0.1) is 5.82 Å². The van der Waals surface area contributed by atoms with Crippen LogP contribution in [0.2, 0.25) is 0 Å². The third-order valence-electron chi connectivity index (χ3n) is 3.66. The van der Waals surface area contributed by atoms with Gasteiger partial charge in [0.15, 0.2) is 0 Å². The van der Waals surface area contributed by atoms with E-state index in [-0.39, 0.29) is 11.8 Å². The van der Waals surface area contributed by atoms with Crippen LogP contribution >= 0.6 is 0 Å². The van der Waals surface area contributed by atoms with Gasteiger partial charge in [0.1, 0.15) is 5.82 Å². The minimum Gasteiger partial charge on any atom is -0.329 e. The standard InChI is InChI=1S/C14H21FN4O/c1-11(10-16)18-6-8-19(9-7-18)14(20)17-13-4-2-12(15)3-5-13/h2-5,11H,6-10,16H2,1H3,(H,17,20). The Morgan fingerprint density at radius 1 is 1.30 bits per heavy atom. The number of nitrogens with one attached hydrogen (secondary N) is 1. The molecule has 1 aromatic rings. The van der Waals surface area contributed by atoms with Gasteiger partial charge < -0.3 is 16.0 Å². The number of urea groups is 1. The van der Waals surface area contributed by atoms with Crippen molar-refractivity contribution in [2.45, 2.75) is 13.0 Å². The van der Waals surface area contributed by atoms with Gasteiger partial charge in [0.2, 0.25) is 0 Å². The van der Waals surface area contributed by atoms with Crippen LogP contribution < -0.4 is 11.1 Å².